The molecule has 1 spiro atoms. The predicted molar refractivity (Wildman–Crippen MR) is 131 cm³/mol. The minimum absolute atomic E-state index is 0.171. The van der Waals surface area contributed by atoms with Crippen LogP contribution in [0.15, 0.2) is 40.9 Å². The molecule has 5 rings (SSSR count). The van der Waals surface area contributed by atoms with Gasteiger partial charge in [0.05, 0.1) is 16.9 Å². The molecular weight excluding hydrogens is 488 g/mol. The van der Waals surface area contributed by atoms with Crippen molar-refractivity contribution in [3.8, 4) is 0 Å². The number of nitrogens with one attached hydrogen (secondary N) is 1. The summed E-state index contributed by atoms with van der Waals surface area (Å²) in [4.78, 5) is 20.2. The lowest BCUT2D eigenvalue weighted by molar-refractivity contribution is -0.00605. The number of carbonyl (C=O) groups excluding carboxylic acids is 1. The van der Waals surface area contributed by atoms with E-state index in [2.05, 4.69) is 31.1 Å². The molecule has 2 aliphatic carbocycles. The van der Waals surface area contributed by atoms with Crippen LogP contribution in [0.3, 0.4) is 0 Å². The molecule has 1 saturated heterocycles. The van der Waals surface area contributed by atoms with Gasteiger partial charge in [-0.25, -0.2) is 13.8 Å². The van der Waals surface area contributed by atoms with Gasteiger partial charge in [0.2, 0.25) is 0 Å². The van der Waals surface area contributed by atoms with Gasteiger partial charge in [0.15, 0.2) is 0 Å². The zero-order valence-corrected chi connectivity index (χ0v) is 20.4. The highest BCUT2D eigenvalue weighted by atomic mass is 79.9. The summed E-state index contributed by atoms with van der Waals surface area (Å²) in [5.41, 5.74) is 4.50. The van der Waals surface area contributed by atoms with Crippen molar-refractivity contribution in [2.45, 2.75) is 57.8 Å². The van der Waals surface area contributed by atoms with Crippen molar-refractivity contribution in [3.05, 3.63) is 57.7 Å². The fourth-order valence-electron chi connectivity index (χ4n) is 4.96. The zero-order chi connectivity index (χ0) is 23.2. The quantitative estimate of drug-likeness (QED) is 0.477. The molecule has 1 amide bonds. The number of hydrogen-bond donors (Lipinski definition) is 1. The van der Waals surface area contributed by atoms with Crippen LogP contribution in [0, 0.1) is 12.3 Å². The van der Waals surface area contributed by atoms with Crippen molar-refractivity contribution in [3.63, 3.8) is 0 Å². The maximum Gasteiger partial charge on any atom is 0.258 e. The average molecular weight is 516 g/mol. The third-order valence-corrected chi connectivity index (χ3v) is 7.77. The number of alkyl halides is 2. The van der Waals surface area contributed by atoms with Gasteiger partial charge in [-0.15, -0.1) is 0 Å². The highest BCUT2D eigenvalue weighted by molar-refractivity contribution is 9.10. The Morgan fingerprint density at radius 2 is 1.85 bits per heavy atom. The van der Waals surface area contributed by atoms with Crippen molar-refractivity contribution in [1.29, 1.82) is 0 Å². The Labute approximate surface area is 201 Å². The molecule has 1 saturated carbocycles. The van der Waals surface area contributed by atoms with Gasteiger partial charge < -0.3 is 10.2 Å². The standard InChI is InChI=1S/C26H28BrF2N3O/c1-17-14-21(18-4-6-26(28,29)7-5-18)30-23(15-17)31-24(33)20-3-2-19(27)16-22(20)32-12-10-25(8-9-25)11-13-32/h2-4,14-16H,5-13H2,1H3,(H,30,31,33). The third kappa shape index (κ3) is 4.98. The Kier molecular flexibility index (Phi) is 5.79. The summed E-state index contributed by atoms with van der Waals surface area (Å²) in [6, 6.07) is 9.45. The minimum Gasteiger partial charge on any atom is -0.371 e. The van der Waals surface area contributed by atoms with Crippen LogP contribution < -0.4 is 10.2 Å². The molecule has 1 aliphatic heterocycles. The lowest BCUT2D eigenvalue weighted by Gasteiger charge is -2.35. The number of piperidine rings is 1. The van der Waals surface area contributed by atoms with Crippen LogP contribution in [0.2, 0.25) is 0 Å². The second-order valence-electron chi connectivity index (χ2n) is 9.81. The van der Waals surface area contributed by atoms with Crippen molar-refractivity contribution in [2.75, 3.05) is 23.3 Å². The number of anilines is 2. The summed E-state index contributed by atoms with van der Waals surface area (Å²) in [6.45, 7) is 3.84. The van der Waals surface area contributed by atoms with E-state index < -0.39 is 5.92 Å². The van der Waals surface area contributed by atoms with Gasteiger partial charge in [-0.3, -0.25) is 4.79 Å². The van der Waals surface area contributed by atoms with E-state index in [1.54, 1.807) is 6.08 Å². The summed E-state index contributed by atoms with van der Waals surface area (Å²) >= 11 is 3.55. The molecule has 0 bridgehead atoms. The van der Waals surface area contributed by atoms with Gasteiger partial charge in [-0.05, 0) is 85.9 Å². The number of amides is 1. The number of hydrogen-bond acceptors (Lipinski definition) is 3. The van der Waals surface area contributed by atoms with Gasteiger partial charge in [0, 0.05) is 30.4 Å². The number of aryl methyl sites for hydroxylation is 1. The number of aromatic nitrogens is 1. The van der Waals surface area contributed by atoms with E-state index in [4.69, 9.17) is 0 Å². The SMILES string of the molecule is Cc1cc(NC(=O)c2ccc(Br)cc2N2CCC3(CC2)CC3)nc(C2=CCC(F)(F)CC2)c1. The predicted octanol–water partition coefficient (Wildman–Crippen LogP) is 6.99. The van der Waals surface area contributed by atoms with Crippen LogP contribution in [0.5, 0.6) is 0 Å². The number of allylic oxidation sites excluding steroid dienone is 2. The lowest BCUT2D eigenvalue weighted by Crippen LogP contribution is -2.35. The van der Waals surface area contributed by atoms with Gasteiger partial charge >= 0.3 is 0 Å². The van der Waals surface area contributed by atoms with E-state index >= 15 is 0 Å². The van der Waals surface area contributed by atoms with E-state index in [-0.39, 0.29) is 25.2 Å². The van der Waals surface area contributed by atoms with Gasteiger partial charge in [0.1, 0.15) is 5.82 Å². The fraction of sp³-hybridized carbons (Fsp3) is 0.462. The number of halogens is 3. The molecule has 1 N–H and O–H groups in total. The van der Waals surface area contributed by atoms with Crippen LogP contribution in [0.4, 0.5) is 20.3 Å². The molecule has 1 aromatic heterocycles. The summed E-state index contributed by atoms with van der Waals surface area (Å²) < 4.78 is 28.0. The van der Waals surface area contributed by atoms with Crippen molar-refractivity contribution < 1.29 is 13.6 Å². The first-order valence-corrected chi connectivity index (χ1v) is 12.4. The number of pyridine rings is 1. The van der Waals surface area contributed by atoms with Crippen LogP contribution in [0.1, 0.15) is 66.6 Å². The number of carbonyl (C=O) groups is 1. The van der Waals surface area contributed by atoms with E-state index in [1.165, 1.54) is 25.7 Å². The van der Waals surface area contributed by atoms with Crippen molar-refractivity contribution in [1.82, 2.24) is 4.98 Å². The molecule has 33 heavy (non-hydrogen) atoms. The highest BCUT2D eigenvalue weighted by Gasteiger charge is 2.44. The van der Waals surface area contributed by atoms with Crippen LogP contribution in [-0.2, 0) is 0 Å². The summed E-state index contributed by atoms with van der Waals surface area (Å²) in [5.74, 6) is -2.41. The summed E-state index contributed by atoms with van der Waals surface area (Å²) in [5, 5.41) is 2.95. The van der Waals surface area contributed by atoms with E-state index in [1.807, 2.05) is 37.3 Å². The second-order valence-corrected chi connectivity index (χ2v) is 10.7. The molecule has 0 atom stereocenters. The van der Waals surface area contributed by atoms with Crippen molar-refractivity contribution >= 4 is 38.9 Å². The second kappa shape index (κ2) is 8.49. The zero-order valence-electron chi connectivity index (χ0n) is 18.8. The minimum atomic E-state index is -2.64. The molecule has 174 valence electrons. The Hall–Kier alpha value is -2.28. The molecule has 0 unspecified atom stereocenters. The van der Waals surface area contributed by atoms with Gasteiger partial charge in [-0.2, -0.15) is 0 Å². The maximum atomic E-state index is 13.5. The summed E-state index contributed by atoms with van der Waals surface area (Å²) in [7, 11) is 0. The van der Waals surface area contributed by atoms with E-state index in [9.17, 15) is 13.6 Å². The van der Waals surface area contributed by atoms with Gasteiger partial charge in [-0.1, -0.05) is 22.0 Å². The monoisotopic (exact) mass is 515 g/mol. The number of rotatable bonds is 4. The number of benzene rings is 1. The summed E-state index contributed by atoms with van der Waals surface area (Å²) in [6.07, 6.45) is 6.45. The molecule has 2 fully saturated rings. The Balaban J connectivity index is 1.37. The smallest absolute Gasteiger partial charge is 0.258 e. The normalized spacial score (nSPS) is 21.0. The molecule has 2 heterocycles. The van der Waals surface area contributed by atoms with E-state index in [0.717, 1.165) is 34.4 Å². The first-order valence-electron chi connectivity index (χ1n) is 11.6. The maximum absolute atomic E-state index is 13.5. The molecule has 1 aromatic carbocycles. The molecule has 7 heteroatoms. The molecule has 0 radical (unpaired) electrons. The Bertz CT molecular complexity index is 1120. The third-order valence-electron chi connectivity index (χ3n) is 7.27. The Morgan fingerprint density at radius 3 is 2.52 bits per heavy atom. The molecule has 4 nitrogen and oxygen atoms in total. The molecule has 3 aliphatic rings. The largest absolute Gasteiger partial charge is 0.371 e. The first-order chi connectivity index (χ1) is 15.7. The highest BCUT2D eigenvalue weighted by Crippen LogP contribution is 2.54. The van der Waals surface area contributed by atoms with Crippen LogP contribution >= 0.6 is 15.9 Å². The number of nitrogens with zero attached hydrogens (tertiary/aromatic N) is 2. The Morgan fingerprint density at radius 1 is 1.09 bits per heavy atom. The van der Waals surface area contributed by atoms with E-state index in [0.29, 0.717) is 22.5 Å². The lowest BCUT2D eigenvalue weighted by atomic mass is 9.93. The van der Waals surface area contributed by atoms with Crippen LogP contribution in [0.25, 0.3) is 5.57 Å². The van der Waals surface area contributed by atoms with Crippen LogP contribution in [-0.4, -0.2) is 29.9 Å². The topological polar surface area (TPSA) is 45.2 Å². The fourth-order valence-corrected chi connectivity index (χ4v) is 5.31. The first kappa shape index (κ1) is 22.5. The van der Waals surface area contributed by atoms with Gasteiger partial charge in [0.25, 0.3) is 11.8 Å². The average Bonchev–Trinajstić information content (AvgIpc) is 3.52. The molecule has 2 aromatic rings. The molecular formula is C26H28BrF2N3O. The van der Waals surface area contributed by atoms with Crippen molar-refractivity contribution in [2.24, 2.45) is 5.41 Å².